The molecular weight excluding hydrogens is 231 g/mol. The van der Waals surface area contributed by atoms with Crippen LogP contribution in [0.5, 0.6) is 5.75 Å². The summed E-state index contributed by atoms with van der Waals surface area (Å²) in [4.78, 5) is 11.0. The Morgan fingerprint density at radius 3 is 2.31 bits per heavy atom. The van der Waals surface area contributed by atoms with E-state index in [4.69, 9.17) is 27.9 Å². The maximum atomic E-state index is 11.0. The monoisotopic (exact) mass is 236 g/mol. The van der Waals surface area contributed by atoms with E-state index in [2.05, 4.69) is 12.6 Å². The van der Waals surface area contributed by atoms with Crippen molar-refractivity contribution in [1.29, 1.82) is 0 Å². The zero-order valence-electron chi connectivity index (χ0n) is 6.67. The van der Waals surface area contributed by atoms with E-state index < -0.39 is 5.12 Å². The van der Waals surface area contributed by atoms with Crippen LogP contribution in [0.15, 0.2) is 12.1 Å². The van der Waals surface area contributed by atoms with E-state index in [1.54, 1.807) is 6.07 Å². The molecule has 0 N–H and O–H groups in total. The lowest BCUT2D eigenvalue weighted by molar-refractivity contribution is 0.108. The molecule has 1 aromatic carbocycles. The average Bonchev–Trinajstić information content (AvgIpc) is 2.07. The molecule has 0 saturated carbocycles. The van der Waals surface area contributed by atoms with E-state index >= 15 is 0 Å². The predicted octanol–water partition coefficient (Wildman–Crippen LogP) is 3.07. The number of hydrogen-bond donors (Lipinski definition) is 1. The molecule has 0 aliphatic heterocycles. The summed E-state index contributed by atoms with van der Waals surface area (Å²) in [5, 5.41) is 0.148. The molecule has 0 amide bonds. The summed E-state index contributed by atoms with van der Waals surface area (Å²) in [7, 11) is 1.41. The van der Waals surface area contributed by atoms with Crippen molar-refractivity contribution in [3.63, 3.8) is 0 Å². The van der Waals surface area contributed by atoms with Crippen molar-refractivity contribution in [2.24, 2.45) is 0 Å². The number of ether oxygens (including phenoxy) is 1. The molecule has 0 aliphatic carbocycles. The quantitative estimate of drug-likeness (QED) is 0.800. The molecule has 0 radical (unpaired) electrons. The first kappa shape index (κ1) is 10.7. The molecule has 5 heteroatoms. The Kier molecular flexibility index (Phi) is 3.47. The summed E-state index contributed by atoms with van der Waals surface area (Å²) in [6.07, 6.45) is 0. The number of methoxy groups -OCH3 is 1. The van der Waals surface area contributed by atoms with Gasteiger partial charge in [0.05, 0.1) is 22.7 Å². The highest BCUT2D eigenvalue weighted by Crippen LogP contribution is 2.34. The summed E-state index contributed by atoms with van der Waals surface area (Å²) in [6.45, 7) is 0. The lowest BCUT2D eigenvalue weighted by Gasteiger charge is -2.08. The molecule has 1 aromatic rings. The zero-order chi connectivity index (χ0) is 10.0. The smallest absolute Gasteiger partial charge is 0.221 e. The second kappa shape index (κ2) is 4.22. The molecule has 0 bridgehead atoms. The van der Waals surface area contributed by atoms with Crippen LogP contribution in [-0.2, 0) is 0 Å². The van der Waals surface area contributed by atoms with Gasteiger partial charge in [-0.05, 0) is 12.1 Å². The summed E-state index contributed by atoms with van der Waals surface area (Å²) in [6, 6.07) is 3.08. The van der Waals surface area contributed by atoms with Crippen molar-refractivity contribution >= 4 is 40.9 Å². The minimum Gasteiger partial charge on any atom is -0.494 e. The normalized spacial score (nSPS) is 9.85. The van der Waals surface area contributed by atoms with Crippen molar-refractivity contribution in [2.75, 3.05) is 7.11 Å². The topological polar surface area (TPSA) is 26.3 Å². The van der Waals surface area contributed by atoms with Gasteiger partial charge in [0.25, 0.3) is 0 Å². The summed E-state index contributed by atoms with van der Waals surface area (Å²) in [5.74, 6) is 0.258. The van der Waals surface area contributed by atoms with Crippen LogP contribution in [0.4, 0.5) is 0 Å². The van der Waals surface area contributed by atoms with Gasteiger partial charge >= 0.3 is 0 Å². The zero-order valence-corrected chi connectivity index (χ0v) is 9.08. The highest BCUT2D eigenvalue weighted by atomic mass is 35.5. The van der Waals surface area contributed by atoms with Crippen LogP contribution in [0.1, 0.15) is 10.4 Å². The Morgan fingerprint density at radius 1 is 1.38 bits per heavy atom. The Bertz CT molecular complexity index is 352. The number of thiol groups is 1. The van der Waals surface area contributed by atoms with Gasteiger partial charge in [0.2, 0.25) is 5.12 Å². The Labute approximate surface area is 91.2 Å². The molecular formula is C8H6Cl2O2S. The van der Waals surface area contributed by atoms with Crippen molar-refractivity contribution < 1.29 is 9.53 Å². The van der Waals surface area contributed by atoms with Crippen LogP contribution in [0, 0.1) is 0 Å². The van der Waals surface area contributed by atoms with Gasteiger partial charge in [0.1, 0.15) is 0 Å². The fourth-order valence-electron chi connectivity index (χ4n) is 0.932. The molecule has 0 aromatic heterocycles. The third kappa shape index (κ3) is 2.10. The molecule has 2 nitrogen and oxygen atoms in total. The van der Waals surface area contributed by atoms with Crippen LogP contribution < -0.4 is 4.74 Å². The number of halogens is 2. The summed E-state index contributed by atoms with van der Waals surface area (Å²) < 4.78 is 4.93. The maximum Gasteiger partial charge on any atom is 0.221 e. The fraction of sp³-hybridized carbons (Fsp3) is 0.125. The lowest BCUT2D eigenvalue weighted by Crippen LogP contribution is -1.97. The minimum absolute atomic E-state index is 0.194. The summed E-state index contributed by atoms with van der Waals surface area (Å²) in [5.41, 5.74) is 0.194. The van der Waals surface area contributed by atoms with Gasteiger partial charge in [-0.1, -0.05) is 23.2 Å². The van der Waals surface area contributed by atoms with Crippen molar-refractivity contribution in [2.45, 2.75) is 0 Å². The average molecular weight is 237 g/mol. The van der Waals surface area contributed by atoms with Gasteiger partial charge in [0, 0.05) is 0 Å². The first-order chi connectivity index (χ1) is 6.07. The molecule has 0 spiro atoms. The highest BCUT2D eigenvalue weighted by molar-refractivity contribution is 7.97. The maximum absolute atomic E-state index is 11.0. The van der Waals surface area contributed by atoms with Gasteiger partial charge in [0.15, 0.2) is 5.75 Å². The second-order valence-corrected chi connectivity index (χ2v) is 3.46. The number of rotatable bonds is 2. The molecule has 0 unspecified atom stereocenters. The molecule has 0 heterocycles. The van der Waals surface area contributed by atoms with Gasteiger partial charge in [-0.3, -0.25) is 4.79 Å². The van der Waals surface area contributed by atoms with E-state index in [0.29, 0.717) is 5.02 Å². The predicted molar refractivity (Wildman–Crippen MR) is 56.3 cm³/mol. The fourth-order valence-corrected chi connectivity index (χ4v) is 1.69. The van der Waals surface area contributed by atoms with Crippen LogP contribution in [-0.4, -0.2) is 12.2 Å². The molecule has 13 heavy (non-hydrogen) atoms. The largest absolute Gasteiger partial charge is 0.494 e. The molecule has 0 saturated heterocycles. The van der Waals surface area contributed by atoms with Crippen LogP contribution in [0.3, 0.4) is 0 Å². The molecule has 0 atom stereocenters. The van der Waals surface area contributed by atoms with E-state index in [9.17, 15) is 4.79 Å². The third-order valence-electron chi connectivity index (χ3n) is 1.48. The van der Waals surface area contributed by atoms with Crippen molar-refractivity contribution in [3.05, 3.63) is 27.7 Å². The van der Waals surface area contributed by atoms with Crippen LogP contribution >= 0.6 is 35.8 Å². The minimum atomic E-state index is -0.468. The van der Waals surface area contributed by atoms with Gasteiger partial charge in [-0.25, -0.2) is 0 Å². The molecule has 1 rings (SSSR count). The van der Waals surface area contributed by atoms with E-state index in [1.807, 2.05) is 0 Å². The van der Waals surface area contributed by atoms with Crippen molar-refractivity contribution in [1.82, 2.24) is 0 Å². The second-order valence-electron chi connectivity index (χ2n) is 2.24. The van der Waals surface area contributed by atoms with E-state index in [0.717, 1.165) is 0 Å². The Hall–Kier alpha value is -0.380. The van der Waals surface area contributed by atoms with Gasteiger partial charge < -0.3 is 4.74 Å². The van der Waals surface area contributed by atoms with E-state index in [-0.39, 0.29) is 16.3 Å². The first-order valence-electron chi connectivity index (χ1n) is 3.33. The van der Waals surface area contributed by atoms with Crippen LogP contribution in [0.25, 0.3) is 0 Å². The SMILES string of the molecule is COc1c(Cl)ccc(Cl)c1C(=O)S. The van der Waals surface area contributed by atoms with Gasteiger partial charge in [-0.2, -0.15) is 0 Å². The standard InChI is InChI=1S/C8H6Cl2O2S/c1-12-7-5(10)3-2-4(9)6(7)8(11)13/h2-3H,1H3,(H,11,13). The van der Waals surface area contributed by atoms with Gasteiger partial charge in [-0.15, -0.1) is 12.6 Å². The highest BCUT2D eigenvalue weighted by Gasteiger charge is 2.16. The number of hydrogen-bond acceptors (Lipinski definition) is 2. The lowest BCUT2D eigenvalue weighted by atomic mass is 10.2. The summed E-state index contributed by atoms with van der Waals surface area (Å²) >= 11 is 15.2. The first-order valence-corrected chi connectivity index (χ1v) is 4.53. The Balaban J connectivity index is 3.43. The van der Waals surface area contributed by atoms with Crippen molar-refractivity contribution in [3.8, 4) is 5.75 Å². The number of carbonyl (C=O) groups excluding carboxylic acids is 1. The van der Waals surface area contributed by atoms with E-state index in [1.165, 1.54) is 13.2 Å². The third-order valence-corrected chi connectivity index (χ3v) is 2.31. The molecule has 0 fully saturated rings. The number of carbonyl (C=O) groups is 1. The molecule has 0 aliphatic rings. The number of benzene rings is 1. The van der Waals surface area contributed by atoms with Crippen LogP contribution in [0.2, 0.25) is 10.0 Å². The Morgan fingerprint density at radius 2 is 1.92 bits per heavy atom. The molecule has 70 valence electrons.